The largest absolute Gasteiger partial charge is 0.573 e. The summed E-state index contributed by atoms with van der Waals surface area (Å²) in [6.07, 6.45) is -5.11. The molecule has 2 aromatic carbocycles. The molecule has 3 rings (SSSR count). The van der Waals surface area contributed by atoms with Gasteiger partial charge in [-0.1, -0.05) is 41.9 Å². The fraction of sp³-hybridized carbons (Fsp3) is 0.316. The number of halogens is 4. The molecule has 1 amide bonds. The second-order valence-corrected chi connectivity index (χ2v) is 6.76. The summed E-state index contributed by atoms with van der Waals surface area (Å²) in [6.45, 7) is -0.0376. The van der Waals surface area contributed by atoms with E-state index in [0.717, 1.165) is 17.7 Å². The molecular weight excluding hydrogens is 383 g/mol. The van der Waals surface area contributed by atoms with Gasteiger partial charge in [0, 0.05) is 17.5 Å². The van der Waals surface area contributed by atoms with Crippen LogP contribution in [0.25, 0.3) is 0 Å². The number of amides is 1. The van der Waals surface area contributed by atoms with Crippen LogP contribution in [-0.4, -0.2) is 23.9 Å². The minimum absolute atomic E-state index is 0.0376. The van der Waals surface area contributed by atoms with E-state index in [-0.39, 0.29) is 30.0 Å². The van der Waals surface area contributed by atoms with Crippen molar-refractivity contribution in [2.24, 2.45) is 5.92 Å². The van der Waals surface area contributed by atoms with Crippen molar-refractivity contribution in [3.8, 4) is 5.75 Å². The summed E-state index contributed by atoms with van der Waals surface area (Å²) in [5, 5.41) is 13.4. The number of carbonyl (C=O) groups excluding carboxylic acids is 1. The summed E-state index contributed by atoms with van der Waals surface area (Å²) in [5.41, 5.74) is 1.31. The zero-order chi connectivity index (χ0) is 19.6. The third-order valence-electron chi connectivity index (χ3n) is 4.40. The second kappa shape index (κ2) is 7.78. The Morgan fingerprint density at radius 3 is 2.52 bits per heavy atom. The third-order valence-corrected chi connectivity index (χ3v) is 4.74. The van der Waals surface area contributed by atoms with Crippen molar-refractivity contribution in [1.29, 1.82) is 0 Å². The van der Waals surface area contributed by atoms with Gasteiger partial charge in [-0.3, -0.25) is 4.79 Å². The molecule has 0 aliphatic heterocycles. The lowest BCUT2D eigenvalue weighted by atomic mass is 10.1. The van der Waals surface area contributed by atoms with E-state index >= 15 is 0 Å². The maximum Gasteiger partial charge on any atom is 0.573 e. The van der Waals surface area contributed by atoms with Crippen molar-refractivity contribution in [1.82, 2.24) is 5.32 Å². The molecule has 4 nitrogen and oxygen atoms in total. The molecule has 1 fully saturated rings. The van der Waals surface area contributed by atoms with E-state index in [9.17, 15) is 23.1 Å². The minimum Gasteiger partial charge on any atom is -0.406 e. The fourth-order valence-electron chi connectivity index (χ4n) is 2.94. The zero-order valence-electron chi connectivity index (χ0n) is 14.0. The highest BCUT2D eigenvalue weighted by Gasteiger charge is 2.44. The SMILES string of the molecule is O=C(NCC(O)c1ccc(OC(F)(F)F)cc1)C1CC1c1ccccc1Cl. The lowest BCUT2D eigenvalue weighted by Gasteiger charge is -2.14. The lowest BCUT2D eigenvalue weighted by Crippen LogP contribution is -2.30. The molecule has 27 heavy (non-hydrogen) atoms. The molecule has 1 aliphatic carbocycles. The van der Waals surface area contributed by atoms with Gasteiger partial charge < -0.3 is 15.2 Å². The fourth-order valence-corrected chi connectivity index (χ4v) is 3.22. The first-order valence-electron chi connectivity index (χ1n) is 8.30. The highest BCUT2D eigenvalue weighted by Crippen LogP contribution is 2.49. The Kier molecular flexibility index (Phi) is 5.62. The third kappa shape index (κ3) is 5.14. The predicted molar refractivity (Wildman–Crippen MR) is 93.4 cm³/mol. The van der Waals surface area contributed by atoms with E-state index < -0.39 is 12.5 Å². The second-order valence-electron chi connectivity index (χ2n) is 6.35. The first-order chi connectivity index (χ1) is 12.7. The average molecular weight is 400 g/mol. The number of aliphatic hydroxyl groups excluding tert-OH is 1. The van der Waals surface area contributed by atoms with Crippen molar-refractivity contribution in [2.75, 3.05) is 6.54 Å². The molecule has 2 N–H and O–H groups in total. The van der Waals surface area contributed by atoms with Crippen LogP contribution in [0.15, 0.2) is 48.5 Å². The van der Waals surface area contributed by atoms with Crippen LogP contribution < -0.4 is 10.1 Å². The van der Waals surface area contributed by atoms with Crippen molar-refractivity contribution in [2.45, 2.75) is 24.8 Å². The maximum absolute atomic E-state index is 12.2. The zero-order valence-corrected chi connectivity index (χ0v) is 14.8. The molecule has 0 spiro atoms. The van der Waals surface area contributed by atoms with Crippen LogP contribution >= 0.6 is 11.6 Å². The number of rotatable bonds is 6. The van der Waals surface area contributed by atoms with E-state index in [1.165, 1.54) is 12.1 Å². The van der Waals surface area contributed by atoms with Gasteiger partial charge >= 0.3 is 6.36 Å². The summed E-state index contributed by atoms with van der Waals surface area (Å²) in [4.78, 5) is 12.2. The Hall–Kier alpha value is -2.25. The molecular formula is C19H17ClF3NO3. The van der Waals surface area contributed by atoms with Gasteiger partial charge in [-0.05, 0) is 41.7 Å². The molecule has 144 valence electrons. The molecule has 3 atom stereocenters. The molecule has 3 unspecified atom stereocenters. The van der Waals surface area contributed by atoms with Gasteiger partial charge in [-0.25, -0.2) is 0 Å². The number of alkyl halides is 3. The molecule has 1 aliphatic rings. The van der Waals surface area contributed by atoms with Crippen molar-refractivity contribution >= 4 is 17.5 Å². The number of hydrogen-bond acceptors (Lipinski definition) is 3. The monoisotopic (exact) mass is 399 g/mol. The summed E-state index contributed by atoms with van der Waals surface area (Å²) in [7, 11) is 0. The number of nitrogens with one attached hydrogen (secondary N) is 1. The van der Waals surface area contributed by atoms with Gasteiger partial charge in [0.1, 0.15) is 5.75 Å². The smallest absolute Gasteiger partial charge is 0.406 e. The Labute approximate surface area is 158 Å². The quantitative estimate of drug-likeness (QED) is 0.765. The van der Waals surface area contributed by atoms with Gasteiger partial charge in [0.25, 0.3) is 0 Å². The molecule has 2 aromatic rings. The van der Waals surface area contributed by atoms with Crippen LogP contribution in [0, 0.1) is 5.92 Å². The molecule has 0 heterocycles. The van der Waals surface area contributed by atoms with Gasteiger partial charge in [0.15, 0.2) is 0 Å². The Morgan fingerprint density at radius 2 is 1.89 bits per heavy atom. The van der Waals surface area contributed by atoms with Gasteiger partial charge in [-0.2, -0.15) is 0 Å². The highest BCUT2D eigenvalue weighted by atomic mass is 35.5. The van der Waals surface area contributed by atoms with Gasteiger partial charge in [0.05, 0.1) is 6.10 Å². The Balaban J connectivity index is 1.50. The van der Waals surface area contributed by atoms with Crippen LogP contribution in [-0.2, 0) is 4.79 Å². The van der Waals surface area contributed by atoms with Crippen LogP contribution in [0.3, 0.4) is 0 Å². The van der Waals surface area contributed by atoms with Gasteiger partial charge in [-0.15, -0.1) is 13.2 Å². The first kappa shape index (κ1) is 19.5. The number of ether oxygens (including phenoxy) is 1. The van der Waals surface area contributed by atoms with Crippen LogP contribution in [0.4, 0.5) is 13.2 Å². The van der Waals surface area contributed by atoms with Crippen molar-refractivity contribution in [3.05, 3.63) is 64.7 Å². The van der Waals surface area contributed by atoms with Crippen LogP contribution in [0.1, 0.15) is 29.6 Å². The van der Waals surface area contributed by atoms with E-state index in [0.29, 0.717) is 17.0 Å². The Bertz CT molecular complexity index is 811. The number of carbonyl (C=O) groups is 1. The summed E-state index contributed by atoms with van der Waals surface area (Å²) >= 11 is 6.14. The number of aliphatic hydroxyl groups is 1. The molecule has 1 saturated carbocycles. The summed E-state index contributed by atoms with van der Waals surface area (Å²) in [5.74, 6) is -0.687. The average Bonchev–Trinajstić information content (AvgIpc) is 3.39. The van der Waals surface area contributed by atoms with E-state index in [1.807, 2.05) is 18.2 Å². The standard InChI is InChI=1S/C19H17ClF3NO3/c20-16-4-2-1-3-13(16)14-9-15(14)18(26)24-10-17(25)11-5-7-12(8-6-11)27-19(21,22)23/h1-8,14-15,17,25H,9-10H2,(H,24,26). The van der Waals surface area contributed by atoms with Gasteiger partial charge in [0.2, 0.25) is 5.91 Å². The van der Waals surface area contributed by atoms with Crippen LogP contribution in [0.5, 0.6) is 5.75 Å². The first-order valence-corrected chi connectivity index (χ1v) is 8.68. The Morgan fingerprint density at radius 1 is 1.22 bits per heavy atom. The van der Waals surface area contributed by atoms with Crippen molar-refractivity contribution in [3.63, 3.8) is 0 Å². The number of benzene rings is 2. The minimum atomic E-state index is -4.77. The molecule has 8 heteroatoms. The van der Waals surface area contributed by atoms with E-state index in [1.54, 1.807) is 6.07 Å². The highest BCUT2D eigenvalue weighted by molar-refractivity contribution is 6.31. The van der Waals surface area contributed by atoms with E-state index in [2.05, 4.69) is 10.1 Å². The maximum atomic E-state index is 12.2. The summed E-state index contributed by atoms with van der Waals surface area (Å²) in [6, 6.07) is 12.2. The molecule has 0 bridgehead atoms. The predicted octanol–water partition coefficient (Wildman–Crippen LogP) is 4.19. The number of hydrogen-bond donors (Lipinski definition) is 2. The summed E-state index contributed by atoms with van der Waals surface area (Å²) < 4.78 is 40.2. The topological polar surface area (TPSA) is 58.6 Å². The van der Waals surface area contributed by atoms with Crippen LogP contribution in [0.2, 0.25) is 5.02 Å². The molecule has 0 saturated heterocycles. The molecule has 0 radical (unpaired) electrons. The molecule has 0 aromatic heterocycles. The van der Waals surface area contributed by atoms with E-state index in [4.69, 9.17) is 11.6 Å². The van der Waals surface area contributed by atoms with Crippen molar-refractivity contribution < 1.29 is 27.8 Å². The normalized spacial score (nSPS) is 20.0. The lowest BCUT2D eigenvalue weighted by molar-refractivity contribution is -0.274.